The maximum absolute atomic E-state index is 14.7. The van der Waals surface area contributed by atoms with E-state index in [9.17, 15) is 4.39 Å². The van der Waals surface area contributed by atoms with Gasteiger partial charge in [-0.05, 0) is 50.0 Å². The molecule has 0 aliphatic carbocycles. The van der Waals surface area contributed by atoms with Crippen molar-refractivity contribution < 1.29 is 4.39 Å². The fraction of sp³-hybridized carbons (Fsp3) is 0.227. The zero-order valence-corrected chi connectivity index (χ0v) is 15.7. The SMILES string of the molecule is C=CC1=C(C=C)N(c2nc3nncn3c3cc(C#CC)c(F)cc23)CCCC1. The zero-order chi connectivity index (χ0) is 19.7. The molecule has 0 saturated heterocycles. The smallest absolute Gasteiger partial charge is 0.257 e. The number of fused-ring (bicyclic) bond motifs is 3. The molecule has 0 atom stereocenters. The predicted octanol–water partition coefficient (Wildman–Crippen LogP) is 4.40. The quantitative estimate of drug-likeness (QED) is 0.638. The van der Waals surface area contributed by atoms with Crippen molar-refractivity contribution in [3.8, 4) is 11.8 Å². The molecule has 0 saturated carbocycles. The van der Waals surface area contributed by atoms with E-state index in [4.69, 9.17) is 4.98 Å². The Labute approximate surface area is 162 Å². The molecular formula is C22H20FN5. The molecule has 140 valence electrons. The summed E-state index contributed by atoms with van der Waals surface area (Å²) >= 11 is 0. The van der Waals surface area contributed by atoms with Gasteiger partial charge in [-0.3, -0.25) is 4.40 Å². The molecule has 0 amide bonds. The standard InChI is InChI=1S/C22H20FN5/c1-4-9-16-12-20-17(13-18(16)23)21(25-22-26-24-14-28(20)22)27-11-8-7-10-15(5-2)19(27)6-3/h5-6,12-14H,2-3,7-8,10-11H2,1H3. The molecule has 0 fully saturated rings. The summed E-state index contributed by atoms with van der Waals surface area (Å²) < 4.78 is 16.5. The maximum atomic E-state index is 14.7. The van der Waals surface area contributed by atoms with Crippen LogP contribution in [0.2, 0.25) is 0 Å². The normalized spacial score (nSPS) is 14.7. The molecule has 3 heterocycles. The van der Waals surface area contributed by atoms with E-state index in [1.54, 1.807) is 23.7 Å². The lowest BCUT2D eigenvalue weighted by molar-refractivity contribution is 0.626. The minimum Gasteiger partial charge on any atom is -0.325 e. The van der Waals surface area contributed by atoms with E-state index < -0.39 is 0 Å². The molecule has 2 aromatic heterocycles. The van der Waals surface area contributed by atoms with E-state index in [0.29, 0.717) is 22.5 Å². The summed E-state index contributed by atoms with van der Waals surface area (Å²) in [5, 5.41) is 8.77. The minimum absolute atomic E-state index is 0.337. The summed E-state index contributed by atoms with van der Waals surface area (Å²) in [5.74, 6) is 6.30. The first kappa shape index (κ1) is 17.9. The number of aromatic nitrogens is 4. The molecule has 6 heteroatoms. The van der Waals surface area contributed by atoms with Crippen molar-refractivity contribution in [3.63, 3.8) is 0 Å². The second-order valence-electron chi connectivity index (χ2n) is 6.59. The first-order chi connectivity index (χ1) is 13.7. The lowest BCUT2D eigenvalue weighted by atomic mass is 10.1. The van der Waals surface area contributed by atoms with Gasteiger partial charge in [0, 0.05) is 17.6 Å². The van der Waals surface area contributed by atoms with Gasteiger partial charge < -0.3 is 4.90 Å². The lowest BCUT2D eigenvalue weighted by Gasteiger charge is -2.26. The summed E-state index contributed by atoms with van der Waals surface area (Å²) in [7, 11) is 0. The maximum Gasteiger partial charge on any atom is 0.257 e. The zero-order valence-electron chi connectivity index (χ0n) is 15.7. The van der Waals surface area contributed by atoms with Gasteiger partial charge in [-0.1, -0.05) is 25.2 Å². The third-order valence-electron chi connectivity index (χ3n) is 4.97. The third kappa shape index (κ3) is 2.85. The van der Waals surface area contributed by atoms with Crippen LogP contribution in [0.5, 0.6) is 0 Å². The van der Waals surface area contributed by atoms with E-state index in [1.807, 2.05) is 12.2 Å². The Morgan fingerprint density at radius 1 is 1.21 bits per heavy atom. The van der Waals surface area contributed by atoms with Gasteiger partial charge in [-0.2, -0.15) is 4.98 Å². The van der Waals surface area contributed by atoms with Crippen molar-refractivity contribution in [3.05, 3.63) is 66.4 Å². The topological polar surface area (TPSA) is 46.3 Å². The van der Waals surface area contributed by atoms with Crippen molar-refractivity contribution in [1.29, 1.82) is 0 Å². The van der Waals surface area contributed by atoms with Gasteiger partial charge in [0.05, 0.1) is 11.1 Å². The highest BCUT2D eigenvalue weighted by Crippen LogP contribution is 2.33. The molecule has 0 radical (unpaired) electrons. The molecule has 4 rings (SSSR count). The number of anilines is 1. The van der Waals surface area contributed by atoms with Crippen LogP contribution >= 0.6 is 0 Å². The van der Waals surface area contributed by atoms with Gasteiger partial charge in [-0.15, -0.1) is 16.1 Å². The van der Waals surface area contributed by atoms with Crippen LogP contribution in [0.25, 0.3) is 16.7 Å². The summed E-state index contributed by atoms with van der Waals surface area (Å²) in [6.45, 7) is 10.4. The summed E-state index contributed by atoms with van der Waals surface area (Å²) in [5.41, 5.74) is 3.15. The molecule has 0 spiro atoms. The van der Waals surface area contributed by atoms with E-state index in [1.165, 1.54) is 6.07 Å². The van der Waals surface area contributed by atoms with Gasteiger partial charge in [0.1, 0.15) is 18.0 Å². The first-order valence-electron chi connectivity index (χ1n) is 9.19. The van der Waals surface area contributed by atoms with Crippen LogP contribution in [0.15, 0.2) is 55.0 Å². The number of halogens is 1. The Morgan fingerprint density at radius 3 is 2.82 bits per heavy atom. The van der Waals surface area contributed by atoms with E-state index in [2.05, 4.69) is 40.1 Å². The molecule has 1 aliphatic rings. The Bertz CT molecular complexity index is 1190. The van der Waals surface area contributed by atoms with Crippen LogP contribution in [0, 0.1) is 17.7 Å². The molecule has 0 unspecified atom stereocenters. The highest BCUT2D eigenvalue weighted by atomic mass is 19.1. The van der Waals surface area contributed by atoms with Crippen LogP contribution in [0.4, 0.5) is 10.2 Å². The van der Waals surface area contributed by atoms with Crippen LogP contribution in [-0.4, -0.2) is 26.1 Å². The second kappa shape index (κ2) is 7.28. The molecule has 1 aromatic carbocycles. The second-order valence-corrected chi connectivity index (χ2v) is 6.59. The Kier molecular flexibility index (Phi) is 4.66. The Morgan fingerprint density at radius 2 is 2.07 bits per heavy atom. The molecule has 0 bridgehead atoms. The molecule has 3 aromatic rings. The van der Waals surface area contributed by atoms with Crippen LogP contribution < -0.4 is 4.90 Å². The van der Waals surface area contributed by atoms with Gasteiger partial charge in [0.15, 0.2) is 0 Å². The molecule has 1 aliphatic heterocycles. The van der Waals surface area contributed by atoms with Gasteiger partial charge >= 0.3 is 0 Å². The third-order valence-corrected chi connectivity index (χ3v) is 4.97. The average molecular weight is 373 g/mol. The number of nitrogens with zero attached hydrogens (tertiary/aromatic N) is 5. The minimum atomic E-state index is -0.375. The molecular weight excluding hydrogens is 353 g/mol. The van der Waals surface area contributed by atoms with Crippen LogP contribution in [0.1, 0.15) is 31.7 Å². The predicted molar refractivity (Wildman–Crippen MR) is 109 cm³/mol. The monoisotopic (exact) mass is 373 g/mol. The molecule has 28 heavy (non-hydrogen) atoms. The first-order valence-corrected chi connectivity index (χ1v) is 9.19. The highest BCUT2D eigenvalue weighted by molar-refractivity contribution is 5.93. The molecule has 5 nitrogen and oxygen atoms in total. The Balaban J connectivity index is 2.07. The van der Waals surface area contributed by atoms with Gasteiger partial charge in [0.25, 0.3) is 5.78 Å². The van der Waals surface area contributed by atoms with E-state index >= 15 is 0 Å². The molecule has 0 N–H and O–H groups in total. The number of hydrogen-bond donors (Lipinski definition) is 0. The Hall–Kier alpha value is -3.46. The van der Waals surface area contributed by atoms with E-state index in [-0.39, 0.29) is 5.82 Å². The van der Waals surface area contributed by atoms with Crippen molar-refractivity contribution in [1.82, 2.24) is 19.6 Å². The number of rotatable bonds is 3. The van der Waals surface area contributed by atoms with Crippen molar-refractivity contribution in [2.45, 2.75) is 26.2 Å². The van der Waals surface area contributed by atoms with Gasteiger partial charge in [0.2, 0.25) is 0 Å². The van der Waals surface area contributed by atoms with Crippen molar-refractivity contribution in [2.24, 2.45) is 0 Å². The van der Waals surface area contributed by atoms with Crippen LogP contribution in [-0.2, 0) is 0 Å². The lowest BCUT2D eigenvalue weighted by Crippen LogP contribution is -2.24. The summed E-state index contributed by atoms with van der Waals surface area (Å²) in [6, 6.07) is 3.22. The summed E-state index contributed by atoms with van der Waals surface area (Å²) in [6.07, 6.45) is 8.22. The fourth-order valence-electron chi connectivity index (χ4n) is 3.68. The summed E-state index contributed by atoms with van der Waals surface area (Å²) in [4.78, 5) is 6.79. The highest BCUT2D eigenvalue weighted by Gasteiger charge is 2.22. The largest absolute Gasteiger partial charge is 0.325 e. The fourth-order valence-corrected chi connectivity index (χ4v) is 3.68. The number of hydrogen-bond acceptors (Lipinski definition) is 4. The van der Waals surface area contributed by atoms with Crippen LogP contribution in [0.3, 0.4) is 0 Å². The van der Waals surface area contributed by atoms with Crippen molar-refractivity contribution >= 4 is 22.5 Å². The number of benzene rings is 1. The van der Waals surface area contributed by atoms with Crippen molar-refractivity contribution in [2.75, 3.05) is 11.4 Å². The average Bonchev–Trinajstić information content (AvgIpc) is 3.07. The van der Waals surface area contributed by atoms with E-state index in [0.717, 1.165) is 42.6 Å². The van der Waals surface area contributed by atoms with Gasteiger partial charge in [-0.25, -0.2) is 4.39 Å². The number of allylic oxidation sites excluding steroid dienone is 3.